The summed E-state index contributed by atoms with van der Waals surface area (Å²) in [6.07, 6.45) is 5.75. The molecule has 0 spiro atoms. The molecule has 220 valence electrons. The first-order valence-electron chi connectivity index (χ1n) is 16.5. The normalized spacial score (nSPS) is 21.6. The number of nitrogens with one attached hydrogen (secondary N) is 2. The Bertz CT molecular complexity index is 1920. The number of aromatic nitrogens is 3. The van der Waals surface area contributed by atoms with E-state index in [0.717, 1.165) is 18.2 Å². The lowest BCUT2D eigenvalue weighted by Gasteiger charge is -2.32. The maximum absolute atomic E-state index is 13.1. The third kappa shape index (κ3) is 9.70. The highest BCUT2D eigenvalue weighted by Crippen LogP contribution is 2.24. The van der Waals surface area contributed by atoms with Gasteiger partial charge in [0, 0.05) is 84.6 Å². The third-order valence-corrected chi connectivity index (χ3v) is 5.62. The molecule has 0 aliphatic carbocycles. The highest BCUT2D eigenvalue weighted by Gasteiger charge is 2.14. The molecule has 12 heteroatoms. The van der Waals surface area contributed by atoms with Crippen LogP contribution in [0.1, 0.15) is 32.5 Å². The molecule has 2 aromatic carbocycles. The van der Waals surface area contributed by atoms with Gasteiger partial charge in [-0.1, -0.05) is 18.2 Å². The SMILES string of the molecule is CS(=O)(=O)O.[2H]C1([2H])N(C)C([2H])([2H])C([2H])([2H])N(Cc2ccc(C(=O)Nc3ccc(C)c(Nc4nccc(-c5cccnc5)n4)c3)cc2)C1([2H])[2H]. The Morgan fingerprint density at radius 1 is 1.05 bits per heavy atom. The Hall–Kier alpha value is -4.23. The van der Waals surface area contributed by atoms with Gasteiger partial charge in [0.2, 0.25) is 5.95 Å². The number of likely N-dealkylation sites (N-methyl/N-ethyl adjacent to an activating group) is 1. The average Bonchev–Trinajstić information content (AvgIpc) is 3.04. The third-order valence-electron chi connectivity index (χ3n) is 5.62. The molecule has 0 unspecified atom stereocenters. The predicted molar refractivity (Wildman–Crippen MR) is 164 cm³/mol. The maximum atomic E-state index is 13.1. The van der Waals surface area contributed by atoms with Crippen molar-refractivity contribution in [1.29, 1.82) is 0 Å². The summed E-state index contributed by atoms with van der Waals surface area (Å²) >= 11 is 0. The Morgan fingerprint density at radius 3 is 2.43 bits per heavy atom. The highest BCUT2D eigenvalue weighted by molar-refractivity contribution is 7.85. The molecule has 2 aromatic heterocycles. The zero-order valence-electron chi connectivity index (χ0n) is 31.0. The van der Waals surface area contributed by atoms with Crippen LogP contribution in [0.4, 0.5) is 17.3 Å². The Morgan fingerprint density at radius 2 is 1.76 bits per heavy atom. The van der Waals surface area contributed by atoms with Crippen molar-refractivity contribution >= 4 is 33.3 Å². The lowest BCUT2D eigenvalue weighted by molar-refractivity contribution is 0.102. The number of hydrogen-bond acceptors (Lipinski definition) is 9. The first kappa shape index (κ1) is 21.5. The first-order valence-corrected chi connectivity index (χ1v) is 14.4. The molecule has 1 aliphatic rings. The number of carbonyl (C=O) groups is 1. The van der Waals surface area contributed by atoms with E-state index in [0.29, 0.717) is 44.6 Å². The van der Waals surface area contributed by atoms with E-state index in [1.165, 1.54) is 24.3 Å². The highest BCUT2D eigenvalue weighted by atomic mass is 32.2. The van der Waals surface area contributed by atoms with E-state index in [4.69, 9.17) is 15.5 Å². The van der Waals surface area contributed by atoms with Gasteiger partial charge in [-0.05, 0) is 67.6 Å². The molecule has 1 aliphatic heterocycles. The number of pyridine rings is 1. The van der Waals surface area contributed by atoms with Crippen molar-refractivity contribution in [3.05, 3.63) is 95.9 Å². The molecule has 3 N–H and O–H groups in total. The molecule has 11 nitrogen and oxygen atoms in total. The van der Waals surface area contributed by atoms with Gasteiger partial charge in [0.25, 0.3) is 16.0 Å². The standard InChI is InChI=1S/C29H31N7O.CH4O3S/c1-21-5-10-25(18-27(21)34-29-31-13-11-26(33-29)24-4-3-12-30-19-24)32-28(37)23-8-6-22(7-9-23)20-36-16-14-35(2)15-17-36;1-5(2,3)4/h3-13,18-19H,14-17,20H2,1-2H3,(H,32,37)(H,31,33,34);1H3,(H,2,3,4)/i14D2,15D2,16D2,17D2;. The van der Waals surface area contributed by atoms with E-state index < -0.39 is 48.6 Å². The van der Waals surface area contributed by atoms with Crippen LogP contribution in [0.15, 0.2) is 79.3 Å². The van der Waals surface area contributed by atoms with Gasteiger partial charge >= 0.3 is 0 Å². The van der Waals surface area contributed by atoms with Crippen molar-refractivity contribution in [3.63, 3.8) is 0 Å². The van der Waals surface area contributed by atoms with Crippen LogP contribution in [-0.2, 0) is 16.7 Å². The topological polar surface area (TPSA) is 141 Å². The Balaban J connectivity index is 0.00000105. The molecule has 0 saturated carbocycles. The summed E-state index contributed by atoms with van der Waals surface area (Å²) in [5, 5.41) is 6.03. The fourth-order valence-corrected chi connectivity index (χ4v) is 3.60. The molecule has 4 aromatic rings. The molecule has 0 atom stereocenters. The molecule has 0 radical (unpaired) electrons. The second-order valence-corrected chi connectivity index (χ2v) is 10.6. The summed E-state index contributed by atoms with van der Waals surface area (Å²) in [7, 11) is -2.65. The fourth-order valence-electron chi connectivity index (χ4n) is 3.60. The van der Waals surface area contributed by atoms with Crippen LogP contribution in [0, 0.1) is 6.92 Å². The molecule has 5 rings (SSSR count). The molecule has 1 saturated heterocycles. The first-order chi connectivity index (χ1) is 23.1. The number of anilines is 3. The number of nitrogens with zero attached hydrogens (tertiary/aromatic N) is 5. The van der Waals surface area contributed by atoms with Crippen molar-refractivity contribution in [3.8, 4) is 11.3 Å². The van der Waals surface area contributed by atoms with E-state index in [2.05, 4.69) is 25.6 Å². The summed E-state index contributed by atoms with van der Waals surface area (Å²) in [5.41, 5.74) is 4.26. The van der Waals surface area contributed by atoms with Crippen LogP contribution >= 0.6 is 0 Å². The molecule has 3 heterocycles. The molecule has 42 heavy (non-hydrogen) atoms. The minimum Gasteiger partial charge on any atom is -0.324 e. The largest absolute Gasteiger partial charge is 0.324 e. The zero-order valence-corrected chi connectivity index (χ0v) is 23.8. The van der Waals surface area contributed by atoms with Crippen LogP contribution in [-0.4, -0.2) is 82.9 Å². The maximum Gasteiger partial charge on any atom is 0.261 e. The molecule has 1 fully saturated rings. The van der Waals surface area contributed by atoms with Gasteiger partial charge in [-0.25, -0.2) is 9.97 Å². The predicted octanol–water partition coefficient (Wildman–Crippen LogP) is 4.09. The molecular formula is C30H35N7O4S. The van der Waals surface area contributed by atoms with Gasteiger partial charge < -0.3 is 15.5 Å². The molecular weight excluding hydrogens is 554 g/mol. The second-order valence-electron chi connectivity index (χ2n) is 9.14. The summed E-state index contributed by atoms with van der Waals surface area (Å²) in [6, 6.07) is 16.8. The van der Waals surface area contributed by atoms with Gasteiger partial charge in [0.1, 0.15) is 0 Å². The van der Waals surface area contributed by atoms with Crippen molar-refractivity contribution < 1.29 is 28.7 Å². The van der Waals surface area contributed by atoms with Gasteiger partial charge in [0.15, 0.2) is 0 Å². The lowest BCUT2D eigenvalue weighted by atomic mass is 10.1. The van der Waals surface area contributed by atoms with Crippen LogP contribution in [0.5, 0.6) is 0 Å². The second kappa shape index (κ2) is 14.1. The smallest absolute Gasteiger partial charge is 0.261 e. The van der Waals surface area contributed by atoms with Crippen molar-refractivity contribution in [2.45, 2.75) is 13.5 Å². The number of carbonyl (C=O) groups excluding carboxylic acids is 1. The van der Waals surface area contributed by atoms with Crippen LogP contribution in [0.3, 0.4) is 0 Å². The van der Waals surface area contributed by atoms with E-state index in [9.17, 15) is 13.2 Å². The van der Waals surface area contributed by atoms with Crippen molar-refractivity contribution in [1.82, 2.24) is 24.8 Å². The minimum absolute atomic E-state index is 0.274. The zero-order chi connectivity index (χ0) is 37.3. The number of rotatable bonds is 7. The minimum atomic E-state index is -3.67. The average molecular weight is 598 g/mol. The van der Waals surface area contributed by atoms with Gasteiger partial charge in [-0.2, -0.15) is 8.42 Å². The number of piperazine rings is 1. The molecule has 1 amide bonds. The summed E-state index contributed by atoms with van der Waals surface area (Å²) in [4.78, 5) is 27.1. The quantitative estimate of drug-likeness (QED) is 0.267. The van der Waals surface area contributed by atoms with E-state index in [-0.39, 0.29) is 5.56 Å². The number of hydrogen-bond donors (Lipinski definition) is 3. The van der Waals surface area contributed by atoms with Gasteiger partial charge in [-0.3, -0.25) is 19.2 Å². The Labute approximate surface area is 257 Å². The van der Waals surface area contributed by atoms with Gasteiger partial charge in [-0.15, -0.1) is 0 Å². The van der Waals surface area contributed by atoms with E-state index in [1.807, 2.05) is 25.1 Å². The van der Waals surface area contributed by atoms with E-state index >= 15 is 0 Å². The van der Waals surface area contributed by atoms with Crippen molar-refractivity contribution in [2.75, 3.05) is 49.9 Å². The number of aryl methyl sites for hydroxylation is 1. The van der Waals surface area contributed by atoms with Crippen molar-refractivity contribution in [2.24, 2.45) is 0 Å². The fraction of sp³-hybridized carbons (Fsp3) is 0.267. The van der Waals surface area contributed by atoms with Crippen LogP contribution in [0.2, 0.25) is 0 Å². The monoisotopic (exact) mass is 597 g/mol. The summed E-state index contributed by atoms with van der Waals surface area (Å²) < 4.78 is 92.2. The van der Waals surface area contributed by atoms with Gasteiger partial charge in [0.05, 0.1) is 11.9 Å². The van der Waals surface area contributed by atoms with Crippen LogP contribution < -0.4 is 10.6 Å². The van der Waals surface area contributed by atoms with Crippen LogP contribution in [0.25, 0.3) is 11.3 Å². The lowest BCUT2D eigenvalue weighted by Crippen LogP contribution is -2.43. The number of benzene rings is 2. The van der Waals surface area contributed by atoms with E-state index in [1.54, 1.807) is 36.8 Å². The Kier molecular flexibility index (Phi) is 7.21. The summed E-state index contributed by atoms with van der Waals surface area (Å²) in [6.45, 7) is -9.97. The number of amides is 1. The molecule has 0 bridgehead atoms. The summed E-state index contributed by atoms with van der Waals surface area (Å²) in [5.74, 6) is -0.0575.